The average molecular weight is 795 g/mol. The maximum atomic E-state index is 13.3. The van der Waals surface area contributed by atoms with Gasteiger partial charge >= 0.3 is 0 Å². The van der Waals surface area contributed by atoms with Gasteiger partial charge in [-0.1, -0.05) is 12.1 Å². The minimum absolute atomic E-state index is 0.109. The maximum Gasteiger partial charge on any atom is 0.262 e. The Morgan fingerprint density at radius 2 is 1.54 bits per heavy atom. The Hall–Kier alpha value is -5.66. The lowest BCUT2D eigenvalue weighted by Gasteiger charge is -2.41. The number of piperidine rings is 2. The van der Waals surface area contributed by atoms with E-state index in [4.69, 9.17) is 4.74 Å². The second-order valence-corrected chi connectivity index (χ2v) is 17.2. The van der Waals surface area contributed by atoms with Crippen LogP contribution in [0.4, 0.5) is 5.69 Å². The highest BCUT2D eigenvalue weighted by Crippen LogP contribution is 2.35. The molecule has 3 aromatic heterocycles. The number of carbonyl (C=O) groups excluding carboxylic acids is 4. The Labute approximate surface area is 343 Å². The van der Waals surface area contributed by atoms with Gasteiger partial charge in [-0.25, -0.2) is 4.98 Å². The summed E-state index contributed by atoms with van der Waals surface area (Å²) in [7, 11) is 2.10. The third kappa shape index (κ3) is 7.24. The van der Waals surface area contributed by atoms with Gasteiger partial charge in [-0.2, -0.15) is 0 Å². The first-order valence-electron chi connectivity index (χ1n) is 21.3. The normalized spacial score (nSPS) is 23.2. The molecule has 5 aliphatic rings. The fraction of sp³-hybridized carbons (Fsp3) is 0.435. The lowest BCUT2D eigenvalue weighted by atomic mass is 9.81. The van der Waals surface area contributed by atoms with Crippen LogP contribution in [0.2, 0.25) is 0 Å². The van der Waals surface area contributed by atoms with E-state index in [1.54, 1.807) is 12.1 Å². The van der Waals surface area contributed by atoms with Crippen LogP contribution < -0.4 is 15.0 Å². The van der Waals surface area contributed by atoms with Crippen LogP contribution in [0.1, 0.15) is 65.7 Å². The van der Waals surface area contributed by atoms with E-state index in [2.05, 4.69) is 71.9 Å². The fourth-order valence-corrected chi connectivity index (χ4v) is 10.0. The van der Waals surface area contributed by atoms with E-state index in [-0.39, 0.29) is 24.9 Å². The van der Waals surface area contributed by atoms with Gasteiger partial charge in [0.15, 0.2) is 0 Å². The molecule has 4 fully saturated rings. The maximum absolute atomic E-state index is 13.3. The second kappa shape index (κ2) is 15.5. The molecule has 5 aromatic rings. The molecule has 0 radical (unpaired) electrons. The SMILES string of the molecule is Cn1c2ccncc2c2ccc(-c3ccc(OC4CC(CN5CCC(CCN6CCN(c7ccc8c(c7)C(=O)N(C7CCC(=O)NC7=O)C8=O)CC6)CC5)C4)nc3)cc21. The highest BCUT2D eigenvalue weighted by molar-refractivity contribution is 6.23. The highest BCUT2D eigenvalue weighted by Gasteiger charge is 2.45. The zero-order valence-corrected chi connectivity index (χ0v) is 33.5. The van der Waals surface area contributed by atoms with Gasteiger partial charge in [0.1, 0.15) is 12.1 Å². The number of aromatic nitrogens is 3. The molecule has 1 unspecified atom stereocenters. The number of rotatable bonds is 10. The summed E-state index contributed by atoms with van der Waals surface area (Å²) in [4.78, 5) is 68.0. The molecule has 13 nitrogen and oxygen atoms in total. The first-order chi connectivity index (χ1) is 28.8. The molecule has 2 aromatic carbocycles. The number of pyridine rings is 2. The minimum atomic E-state index is -0.951. The van der Waals surface area contributed by atoms with E-state index in [1.165, 1.54) is 54.2 Å². The Bertz CT molecular complexity index is 2440. The van der Waals surface area contributed by atoms with E-state index < -0.39 is 23.8 Å². The van der Waals surface area contributed by atoms with Gasteiger partial charge in [0, 0.05) is 98.4 Å². The number of ether oxygens (including phenoxy) is 1. The second-order valence-electron chi connectivity index (χ2n) is 17.2. The summed E-state index contributed by atoms with van der Waals surface area (Å²) >= 11 is 0. The van der Waals surface area contributed by atoms with Gasteiger partial charge in [0.2, 0.25) is 17.7 Å². The molecule has 1 saturated carbocycles. The zero-order chi connectivity index (χ0) is 40.2. The molecule has 304 valence electrons. The van der Waals surface area contributed by atoms with Crippen molar-refractivity contribution in [3.05, 3.63) is 84.3 Å². The van der Waals surface area contributed by atoms with Crippen LogP contribution in [0.5, 0.6) is 5.88 Å². The Balaban J connectivity index is 0.631. The van der Waals surface area contributed by atoms with Gasteiger partial charge in [-0.3, -0.25) is 39.3 Å². The standard InChI is InChI=1S/C46H50N8O5/c1-50-39-10-14-47-27-38(39)35-5-2-31(24-41(35)50)32-3-9-43(48-26-32)59-34-22-30(23-34)28-52-16-12-29(13-17-52)11-15-51-18-20-53(21-19-51)33-4-6-36-37(25-33)46(58)54(45(36)57)40-7-8-42(55)49-44(40)56/h2-6,9-10,14,24-27,29-30,34,40H,7-8,11-13,15-23,28H2,1H3,(H,49,55,56). The molecule has 59 heavy (non-hydrogen) atoms. The Morgan fingerprint density at radius 3 is 2.32 bits per heavy atom. The highest BCUT2D eigenvalue weighted by atomic mass is 16.5. The summed E-state index contributed by atoms with van der Waals surface area (Å²) in [5.41, 5.74) is 6.15. The molecule has 3 saturated heterocycles. The summed E-state index contributed by atoms with van der Waals surface area (Å²) in [6.45, 7) is 8.22. The number of imide groups is 2. The van der Waals surface area contributed by atoms with Crippen molar-refractivity contribution in [2.75, 3.05) is 57.3 Å². The van der Waals surface area contributed by atoms with Crippen LogP contribution in [-0.4, -0.2) is 117 Å². The van der Waals surface area contributed by atoms with Crippen molar-refractivity contribution >= 4 is 51.1 Å². The predicted molar refractivity (Wildman–Crippen MR) is 224 cm³/mol. The first-order valence-corrected chi connectivity index (χ1v) is 21.3. The summed E-state index contributed by atoms with van der Waals surface area (Å²) in [5, 5.41) is 4.64. The number of amides is 4. The number of aryl methyl sites for hydroxylation is 1. The van der Waals surface area contributed by atoms with Gasteiger partial charge in [0.05, 0.1) is 16.6 Å². The molecule has 10 rings (SSSR count). The van der Waals surface area contributed by atoms with Gasteiger partial charge in [-0.15, -0.1) is 0 Å². The number of nitrogens with one attached hydrogen (secondary N) is 1. The largest absolute Gasteiger partial charge is 0.474 e. The van der Waals surface area contributed by atoms with Crippen molar-refractivity contribution in [1.82, 2.24) is 34.6 Å². The third-order valence-corrected chi connectivity index (χ3v) is 13.6. The lowest BCUT2D eigenvalue weighted by Crippen LogP contribution is -2.54. The Morgan fingerprint density at radius 1 is 0.746 bits per heavy atom. The van der Waals surface area contributed by atoms with Crippen molar-refractivity contribution in [2.24, 2.45) is 18.9 Å². The Kier molecular flexibility index (Phi) is 9.88. The topological polar surface area (TPSA) is 133 Å². The monoisotopic (exact) mass is 794 g/mol. The number of fused-ring (bicyclic) bond motifs is 4. The van der Waals surface area contributed by atoms with E-state index >= 15 is 0 Å². The smallest absolute Gasteiger partial charge is 0.262 e. The molecular weight excluding hydrogens is 745 g/mol. The molecule has 4 amide bonds. The fourth-order valence-electron chi connectivity index (χ4n) is 10.0. The molecule has 4 aliphatic heterocycles. The molecule has 0 bridgehead atoms. The van der Waals surface area contributed by atoms with Crippen molar-refractivity contribution in [2.45, 2.75) is 57.1 Å². The number of anilines is 1. The number of carbonyl (C=O) groups is 4. The molecule has 13 heteroatoms. The van der Waals surface area contributed by atoms with Crippen LogP contribution in [0.25, 0.3) is 32.9 Å². The first kappa shape index (κ1) is 37.6. The van der Waals surface area contributed by atoms with Gasteiger partial charge < -0.3 is 19.1 Å². The number of piperazine rings is 1. The van der Waals surface area contributed by atoms with E-state index in [1.807, 2.05) is 30.7 Å². The van der Waals surface area contributed by atoms with Crippen molar-refractivity contribution < 1.29 is 23.9 Å². The van der Waals surface area contributed by atoms with Crippen LogP contribution in [0, 0.1) is 11.8 Å². The quantitative estimate of drug-likeness (QED) is 0.187. The lowest BCUT2D eigenvalue weighted by molar-refractivity contribution is -0.136. The number of hydrogen-bond donors (Lipinski definition) is 1. The minimum Gasteiger partial charge on any atom is -0.474 e. The third-order valence-electron chi connectivity index (χ3n) is 13.6. The van der Waals surface area contributed by atoms with E-state index in [0.29, 0.717) is 22.9 Å². The average Bonchev–Trinajstić information content (AvgIpc) is 3.67. The van der Waals surface area contributed by atoms with Crippen LogP contribution in [-0.2, 0) is 16.6 Å². The number of likely N-dealkylation sites (tertiary alicyclic amines) is 1. The molecule has 1 aliphatic carbocycles. The number of benzene rings is 2. The summed E-state index contributed by atoms with van der Waals surface area (Å²) < 4.78 is 8.51. The molecule has 7 heterocycles. The molecule has 0 spiro atoms. The van der Waals surface area contributed by atoms with Crippen molar-refractivity contribution in [1.29, 1.82) is 0 Å². The summed E-state index contributed by atoms with van der Waals surface area (Å²) in [6, 6.07) is 17.2. The van der Waals surface area contributed by atoms with E-state index in [9.17, 15) is 19.2 Å². The van der Waals surface area contributed by atoms with Crippen LogP contribution >= 0.6 is 0 Å². The van der Waals surface area contributed by atoms with Crippen LogP contribution in [0.3, 0.4) is 0 Å². The predicted octanol–water partition coefficient (Wildman–Crippen LogP) is 5.27. The zero-order valence-electron chi connectivity index (χ0n) is 33.5. The van der Waals surface area contributed by atoms with E-state index in [0.717, 1.165) is 79.7 Å². The molecular formula is C46H50N8O5. The van der Waals surface area contributed by atoms with Crippen molar-refractivity contribution in [3.8, 4) is 17.0 Å². The van der Waals surface area contributed by atoms with Crippen LogP contribution in [0.15, 0.2) is 73.2 Å². The summed E-state index contributed by atoms with van der Waals surface area (Å²) in [5.74, 6) is 0.252. The van der Waals surface area contributed by atoms with Gasteiger partial charge in [0.25, 0.3) is 11.8 Å². The van der Waals surface area contributed by atoms with Gasteiger partial charge in [-0.05, 0) is 112 Å². The number of hydrogen-bond acceptors (Lipinski definition) is 10. The summed E-state index contributed by atoms with van der Waals surface area (Å²) in [6.07, 6.45) is 12.1. The molecule has 1 atom stereocenters. The van der Waals surface area contributed by atoms with Crippen molar-refractivity contribution in [3.63, 3.8) is 0 Å². The number of nitrogens with zero attached hydrogens (tertiary/aromatic N) is 7. The molecule has 1 N–H and O–H groups in total.